The number of aromatic nitrogens is 6. The molecule has 0 radical (unpaired) electrons. The molecule has 0 saturated heterocycles. The zero-order valence-corrected chi connectivity index (χ0v) is 16.2. The molecule has 1 fully saturated rings. The number of hydrogen-bond acceptors (Lipinski definition) is 6. The minimum Gasteiger partial charge on any atom is -0.381 e. The lowest BCUT2D eigenvalue weighted by molar-refractivity contribution is 0.0651. The summed E-state index contributed by atoms with van der Waals surface area (Å²) in [4.78, 5) is 9.80. The van der Waals surface area contributed by atoms with Gasteiger partial charge in [-0.3, -0.25) is 5.10 Å². The molecule has 2 N–H and O–H groups in total. The molecule has 1 aliphatic rings. The summed E-state index contributed by atoms with van der Waals surface area (Å²) in [5.74, 6) is 2.78. The highest BCUT2D eigenvalue weighted by molar-refractivity contribution is 5.88. The number of nitrogens with zero attached hydrogens (tertiary/aromatic N) is 5. The first-order valence-corrected chi connectivity index (χ1v) is 9.73. The Bertz CT molecular complexity index is 908. The predicted molar refractivity (Wildman–Crippen MR) is 104 cm³/mol. The van der Waals surface area contributed by atoms with Gasteiger partial charge < -0.3 is 10.1 Å². The smallest absolute Gasteiger partial charge is 0.163 e. The van der Waals surface area contributed by atoms with E-state index in [0.717, 1.165) is 72.8 Å². The lowest BCUT2D eigenvalue weighted by atomic mass is 9.87. The molecule has 1 saturated carbocycles. The lowest BCUT2D eigenvalue weighted by Crippen LogP contribution is -2.21. The standard InChI is InChI=1S/C19H27N7O/c1-4-9-26-19-15(11-20-26)18(21-16-10-12(2)24-25-16)22-17(23-19)13-5-7-14(27-3)8-6-13/h10-11,13-14H,4-9H2,1-3H3,(H2,21,22,23,24,25)/t13-,14+. The topological polar surface area (TPSA) is 93.5 Å². The lowest BCUT2D eigenvalue weighted by Gasteiger charge is -2.26. The molecule has 0 aliphatic heterocycles. The zero-order chi connectivity index (χ0) is 18.8. The SMILES string of the molecule is CCCn1ncc2c(Nc3cc(C)[nH]n3)nc([C@H]3CC[C@@H](OC)CC3)nc21. The van der Waals surface area contributed by atoms with Crippen molar-refractivity contribution in [1.82, 2.24) is 29.9 Å². The molecule has 0 spiro atoms. The van der Waals surface area contributed by atoms with Crippen molar-refractivity contribution in [3.8, 4) is 0 Å². The molecule has 0 amide bonds. The number of anilines is 2. The second kappa shape index (κ2) is 7.64. The highest BCUT2D eigenvalue weighted by Gasteiger charge is 2.26. The van der Waals surface area contributed by atoms with Crippen LogP contribution in [0.2, 0.25) is 0 Å². The molecule has 0 unspecified atom stereocenters. The zero-order valence-electron chi connectivity index (χ0n) is 16.2. The maximum atomic E-state index is 5.51. The minimum atomic E-state index is 0.354. The van der Waals surface area contributed by atoms with Gasteiger partial charge in [0.05, 0.1) is 17.7 Å². The minimum absolute atomic E-state index is 0.354. The van der Waals surface area contributed by atoms with Crippen LogP contribution in [-0.2, 0) is 11.3 Å². The van der Waals surface area contributed by atoms with Crippen LogP contribution in [0.5, 0.6) is 0 Å². The molecule has 0 bridgehead atoms. The van der Waals surface area contributed by atoms with Crippen molar-refractivity contribution in [2.75, 3.05) is 12.4 Å². The molecule has 0 aromatic carbocycles. The van der Waals surface area contributed by atoms with Crippen LogP contribution in [0, 0.1) is 6.92 Å². The quantitative estimate of drug-likeness (QED) is 0.688. The van der Waals surface area contributed by atoms with Gasteiger partial charge in [-0.25, -0.2) is 14.6 Å². The number of hydrogen-bond donors (Lipinski definition) is 2. The third kappa shape index (κ3) is 3.66. The van der Waals surface area contributed by atoms with Crippen LogP contribution in [0.4, 0.5) is 11.6 Å². The van der Waals surface area contributed by atoms with Gasteiger partial charge in [0, 0.05) is 31.3 Å². The number of rotatable bonds is 6. The average Bonchev–Trinajstić information content (AvgIpc) is 3.28. The summed E-state index contributed by atoms with van der Waals surface area (Å²) in [7, 11) is 1.80. The Balaban J connectivity index is 1.71. The van der Waals surface area contributed by atoms with Gasteiger partial charge in [-0.05, 0) is 39.0 Å². The summed E-state index contributed by atoms with van der Waals surface area (Å²) in [5, 5.41) is 16.1. The van der Waals surface area contributed by atoms with Gasteiger partial charge in [0.25, 0.3) is 0 Å². The maximum Gasteiger partial charge on any atom is 0.163 e. The summed E-state index contributed by atoms with van der Waals surface area (Å²) in [6, 6.07) is 1.97. The summed E-state index contributed by atoms with van der Waals surface area (Å²) >= 11 is 0. The Morgan fingerprint density at radius 3 is 2.74 bits per heavy atom. The Morgan fingerprint density at radius 2 is 2.07 bits per heavy atom. The van der Waals surface area contributed by atoms with Crippen molar-refractivity contribution >= 4 is 22.7 Å². The van der Waals surface area contributed by atoms with Crippen molar-refractivity contribution in [1.29, 1.82) is 0 Å². The van der Waals surface area contributed by atoms with Gasteiger partial charge in [-0.2, -0.15) is 10.2 Å². The second-order valence-corrected chi connectivity index (χ2v) is 7.31. The van der Waals surface area contributed by atoms with E-state index in [1.165, 1.54) is 0 Å². The number of aromatic amines is 1. The molecule has 8 heteroatoms. The van der Waals surface area contributed by atoms with E-state index < -0.39 is 0 Å². The Hall–Kier alpha value is -2.48. The molecule has 4 rings (SSSR count). The van der Waals surface area contributed by atoms with E-state index in [-0.39, 0.29) is 0 Å². The summed E-state index contributed by atoms with van der Waals surface area (Å²) in [6.45, 7) is 4.97. The van der Waals surface area contributed by atoms with E-state index in [1.54, 1.807) is 7.11 Å². The summed E-state index contributed by atoms with van der Waals surface area (Å²) < 4.78 is 7.48. The van der Waals surface area contributed by atoms with E-state index in [9.17, 15) is 0 Å². The summed E-state index contributed by atoms with van der Waals surface area (Å²) in [5.41, 5.74) is 1.90. The molecule has 3 aromatic heterocycles. The molecule has 0 atom stereocenters. The monoisotopic (exact) mass is 369 g/mol. The van der Waals surface area contributed by atoms with Crippen molar-refractivity contribution in [2.45, 2.75) is 64.5 Å². The fourth-order valence-corrected chi connectivity index (χ4v) is 3.79. The Kier molecular flexibility index (Phi) is 5.07. The fourth-order valence-electron chi connectivity index (χ4n) is 3.79. The van der Waals surface area contributed by atoms with Crippen molar-refractivity contribution in [3.05, 3.63) is 23.8 Å². The largest absolute Gasteiger partial charge is 0.381 e. The average molecular weight is 369 g/mol. The van der Waals surface area contributed by atoms with E-state index in [2.05, 4.69) is 27.5 Å². The van der Waals surface area contributed by atoms with Crippen molar-refractivity contribution < 1.29 is 4.74 Å². The highest BCUT2D eigenvalue weighted by Crippen LogP contribution is 2.34. The third-order valence-corrected chi connectivity index (χ3v) is 5.27. The van der Waals surface area contributed by atoms with Crippen LogP contribution >= 0.6 is 0 Å². The molecule has 3 heterocycles. The van der Waals surface area contributed by atoms with Crippen LogP contribution in [0.1, 0.15) is 56.5 Å². The normalized spacial score (nSPS) is 20.3. The molecule has 27 heavy (non-hydrogen) atoms. The Labute approximate surface area is 158 Å². The number of ether oxygens (including phenoxy) is 1. The second-order valence-electron chi connectivity index (χ2n) is 7.31. The number of nitrogens with one attached hydrogen (secondary N) is 2. The molecular formula is C19H27N7O. The third-order valence-electron chi connectivity index (χ3n) is 5.27. The number of H-pyrrole nitrogens is 1. The van der Waals surface area contributed by atoms with Crippen LogP contribution < -0.4 is 5.32 Å². The number of fused-ring (bicyclic) bond motifs is 1. The number of aryl methyl sites for hydroxylation is 2. The van der Waals surface area contributed by atoms with Crippen molar-refractivity contribution in [2.24, 2.45) is 0 Å². The fraction of sp³-hybridized carbons (Fsp3) is 0.579. The summed E-state index contributed by atoms with van der Waals surface area (Å²) in [6.07, 6.45) is 7.42. The van der Waals surface area contributed by atoms with Gasteiger partial charge in [-0.15, -0.1) is 0 Å². The molecule has 3 aromatic rings. The van der Waals surface area contributed by atoms with Gasteiger partial charge >= 0.3 is 0 Å². The first-order chi connectivity index (χ1) is 13.2. The first-order valence-electron chi connectivity index (χ1n) is 9.73. The van der Waals surface area contributed by atoms with Gasteiger partial charge in [0.1, 0.15) is 11.6 Å². The van der Waals surface area contributed by atoms with Crippen LogP contribution in [0.25, 0.3) is 11.0 Å². The van der Waals surface area contributed by atoms with Crippen LogP contribution in [0.15, 0.2) is 12.3 Å². The molecule has 1 aliphatic carbocycles. The van der Waals surface area contributed by atoms with E-state index in [0.29, 0.717) is 12.0 Å². The van der Waals surface area contributed by atoms with Crippen LogP contribution in [-0.4, -0.2) is 43.2 Å². The van der Waals surface area contributed by atoms with E-state index in [4.69, 9.17) is 14.7 Å². The van der Waals surface area contributed by atoms with Gasteiger partial charge in [0.2, 0.25) is 0 Å². The van der Waals surface area contributed by atoms with Crippen LogP contribution in [0.3, 0.4) is 0 Å². The highest BCUT2D eigenvalue weighted by atomic mass is 16.5. The van der Waals surface area contributed by atoms with E-state index >= 15 is 0 Å². The van der Waals surface area contributed by atoms with Gasteiger partial charge in [0.15, 0.2) is 11.5 Å². The van der Waals surface area contributed by atoms with Gasteiger partial charge in [-0.1, -0.05) is 6.92 Å². The van der Waals surface area contributed by atoms with Crippen molar-refractivity contribution in [3.63, 3.8) is 0 Å². The Morgan fingerprint density at radius 1 is 1.26 bits per heavy atom. The maximum absolute atomic E-state index is 5.51. The number of methoxy groups -OCH3 is 1. The molecule has 144 valence electrons. The molecular weight excluding hydrogens is 342 g/mol. The predicted octanol–water partition coefficient (Wildman–Crippen LogP) is 3.68. The first kappa shape index (κ1) is 17.9. The molecule has 8 nitrogen and oxygen atoms in total. The van der Waals surface area contributed by atoms with E-state index in [1.807, 2.05) is 23.9 Å².